The van der Waals surface area contributed by atoms with E-state index in [0.717, 1.165) is 44.0 Å². The van der Waals surface area contributed by atoms with Crippen molar-refractivity contribution in [2.75, 3.05) is 13.1 Å². The smallest absolute Gasteiger partial charge is 0.316 e. The molecule has 1 fully saturated rings. The van der Waals surface area contributed by atoms with E-state index in [1.165, 1.54) is 18.6 Å². The van der Waals surface area contributed by atoms with E-state index in [-0.39, 0.29) is 0 Å². The van der Waals surface area contributed by atoms with Crippen LogP contribution in [0.15, 0.2) is 24.3 Å². The van der Waals surface area contributed by atoms with Gasteiger partial charge in [-0.1, -0.05) is 24.6 Å². The van der Waals surface area contributed by atoms with Crippen LogP contribution in [0.4, 0.5) is 13.2 Å². The molecule has 1 atom stereocenters. The third kappa shape index (κ3) is 3.73. The summed E-state index contributed by atoms with van der Waals surface area (Å²) in [5.74, 6) is 0.455. The van der Waals surface area contributed by atoms with E-state index in [1.54, 1.807) is 6.07 Å². The molecule has 1 nitrogen and oxygen atoms in total. The summed E-state index contributed by atoms with van der Waals surface area (Å²) in [6.07, 6.45) is -0.0758. The first-order chi connectivity index (χ1) is 8.55. The first-order valence-corrected chi connectivity index (χ1v) is 6.42. The highest BCUT2D eigenvalue weighted by Crippen LogP contribution is 2.30. The fourth-order valence-corrected chi connectivity index (χ4v) is 2.47. The minimum Gasteiger partial charge on any atom is -0.316 e. The van der Waals surface area contributed by atoms with E-state index >= 15 is 0 Å². The van der Waals surface area contributed by atoms with Crippen molar-refractivity contribution in [3.05, 3.63) is 35.4 Å². The van der Waals surface area contributed by atoms with Crippen LogP contribution in [0.1, 0.15) is 30.4 Å². The maximum Gasteiger partial charge on any atom is 0.416 e. The monoisotopic (exact) mass is 257 g/mol. The van der Waals surface area contributed by atoms with Gasteiger partial charge in [-0.2, -0.15) is 13.2 Å². The zero-order chi connectivity index (χ0) is 13.0. The Morgan fingerprint density at radius 1 is 1.22 bits per heavy atom. The topological polar surface area (TPSA) is 12.0 Å². The Morgan fingerprint density at radius 2 is 2.06 bits per heavy atom. The lowest BCUT2D eigenvalue weighted by Crippen LogP contribution is -2.22. The van der Waals surface area contributed by atoms with Crippen LogP contribution in [0, 0.1) is 5.92 Å². The van der Waals surface area contributed by atoms with Gasteiger partial charge in [-0.25, -0.2) is 0 Å². The van der Waals surface area contributed by atoms with Crippen LogP contribution in [0.2, 0.25) is 0 Å². The molecule has 1 aromatic carbocycles. The number of hydrogen-bond acceptors (Lipinski definition) is 1. The summed E-state index contributed by atoms with van der Waals surface area (Å²) in [5.41, 5.74) is 0.250. The van der Waals surface area contributed by atoms with E-state index in [1.807, 2.05) is 0 Å². The van der Waals surface area contributed by atoms with Gasteiger partial charge in [-0.05, 0) is 49.9 Å². The standard InChI is InChI=1S/C14H18F3N/c15-14(16,17)13-6-3-5-11(9-13)8-12-4-1-2-7-18-10-12/h3,5-6,9,12,18H,1-2,4,7-8,10H2/t12-/m1/s1. The van der Waals surface area contributed by atoms with Gasteiger partial charge >= 0.3 is 6.18 Å². The molecule has 0 bridgehead atoms. The van der Waals surface area contributed by atoms with E-state index in [2.05, 4.69) is 5.32 Å². The Balaban J connectivity index is 2.04. The summed E-state index contributed by atoms with van der Waals surface area (Å²) in [6.45, 7) is 1.94. The lowest BCUT2D eigenvalue weighted by atomic mass is 9.94. The second kappa shape index (κ2) is 5.74. The highest BCUT2D eigenvalue weighted by Gasteiger charge is 2.30. The van der Waals surface area contributed by atoms with E-state index in [9.17, 15) is 13.2 Å². The molecular formula is C14H18F3N. The van der Waals surface area contributed by atoms with Gasteiger partial charge in [0.05, 0.1) is 5.56 Å². The third-order valence-electron chi connectivity index (χ3n) is 3.43. The second-order valence-corrected chi connectivity index (χ2v) is 4.97. The average Bonchev–Trinajstić information content (AvgIpc) is 2.57. The average molecular weight is 257 g/mol. The number of hydrogen-bond donors (Lipinski definition) is 1. The minimum absolute atomic E-state index is 0.455. The van der Waals surface area contributed by atoms with Crippen molar-refractivity contribution in [2.24, 2.45) is 5.92 Å². The highest BCUT2D eigenvalue weighted by atomic mass is 19.4. The zero-order valence-electron chi connectivity index (χ0n) is 10.3. The summed E-state index contributed by atoms with van der Waals surface area (Å²) in [5, 5.41) is 3.34. The Labute approximate surface area is 105 Å². The Morgan fingerprint density at radius 3 is 2.83 bits per heavy atom. The molecule has 0 aliphatic carbocycles. The fourth-order valence-electron chi connectivity index (χ4n) is 2.47. The van der Waals surface area contributed by atoms with Gasteiger partial charge in [0, 0.05) is 0 Å². The molecule has 1 aliphatic heterocycles. The molecule has 18 heavy (non-hydrogen) atoms. The van der Waals surface area contributed by atoms with Crippen LogP contribution in [0.3, 0.4) is 0 Å². The van der Waals surface area contributed by atoms with Gasteiger partial charge in [0.15, 0.2) is 0 Å². The predicted molar refractivity (Wildman–Crippen MR) is 65.4 cm³/mol. The molecule has 4 heteroatoms. The summed E-state index contributed by atoms with van der Waals surface area (Å²) in [6, 6.07) is 5.71. The molecule has 0 saturated carbocycles. The molecule has 100 valence electrons. The molecule has 0 aromatic heterocycles. The quantitative estimate of drug-likeness (QED) is 0.853. The summed E-state index contributed by atoms with van der Waals surface area (Å²) >= 11 is 0. The largest absolute Gasteiger partial charge is 0.416 e. The summed E-state index contributed by atoms with van der Waals surface area (Å²) in [7, 11) is 0. The Hall–Kier alpha value is -1.03. The molecule has 1 aromatic rings. The Bertz CT molecular complexity index is 379. The van der Waals surface area contributed by atoms with Gasteiger partial charge in [0.1, 0.15) is 0 Å². The van der Waals surface area contributed by atoms with Crippen molar-refractivity contribution in [3.8, 4) is 0 Å². The normalized spacial score (nSPS) is 21.6. The van der Waals surface area contributed by atoms with E-state index in [0.29, 0.717) is 5.92 Å². The van der Waals surface area contributed by atoms with Gasteiger partial charge in [0.25, 0.3) is 0 Å². The van der Waals surface area contributed by atoms with Crippen molar-refractivity contribution in [1.29, 1.82) is 0 Å². The lowest BCUT2D eigenvalue weighted by molar-refractivity contribution is -0.137. The molecule has 0 unspecified atom stereocenters. The molecule has 1 saturated heterocycles. The van der Waals surface area contributed by atoms with Crippen molar-refractivity contribution in [1.82, 2.24) is 5.32 Å². The van der Waals surface area contributed by atoms with Crippen molar-refractivity contribution < 1.29 is 13.2 Å². The molecule has 1 N–H and O–H groups in total. The molecule has 1 aliphatic rings. The minimum atomic E-state index is -4.24. The number of alkyl halides is 3. The predicted octanol–water partition coefficient (Wildman–Crippen LogP) is 3.64. The molecule has 0 radical (unpaired) electrons. The molecule has 1 heterocycles. The first kappa shape index (κ1) is 13.4. The molecule has 0 amide bonds. The molecule has 2 rings (SSSR count). The Kier molecular flexibility index (Phi) is 4.27. The summed E-state index contributed by atoms with van der Waals surface area (Å²) < 4.78 is 37.8. The van der Waals surface area contributed by atoms with Gasteiger partial charge in [-0.3, -0.25) is 0 Å². The fraction of sp³-hybridized carbons (Fsp3) is 0.571. The summed E-state index contributed by atoms with van der Waals surface area (Å²) in [4.78, 5) is 0. The number of rotatable bonds is 2. The van der Waals surface area contributed by atoms with Crippen LogP contribution < -0.4 is 5.32 Å². The maximum absolute atomic E-state index is 12.6. The first-order valence-electron chi connectivity index (χ1n) is 6.42. The third-order valence-corrected chi connectivity index (χ3v) is 3.43. The van der Waals surface area contributed by atoms with Crippen molar-refractivity contribution in [2.45, 2.75) is 31.9 Å². The van der Waals surface area contributed by atoms with Gasteiger partial charge < -0.3 is 5.32 Å². The van der Waals surface area contributed by atoms with Crippen LogP contribution in [-0.2, 0) is 12.6 Å². The maximum atomic E-state index is 12.6. The van der Waals surface area contributed by atoms with E-state index in [4.69, 9.17) is 0 Å². The highest BCUT2D eigenvalue weighted by molar-refractivity contribution is 5.26. The van der Waals surface area contributed by atoms with Crippen LogP contribution in [0.25, 0.3) is 0 Å². The SMILES string of the molecule is FC(F)(F)c1cccc(C[C@H]2CCCCNC2)c1. The number of halogens is 3. The zero-order valence-corrected chi connectivity index (χ0v) is 10.3. The van der Waals surface area contributed by atoms with Gasteiger partial charge in [0.2, 0.25) is 0 Å². The van der Waals surface area contributed by atoms with Crippen molar-refractivity contribution >= 4 is 0 Å². The number of nitrogens with one attached hydrogen (secondary N) is 1. The van der Waals surface area contributed by atoms with Crippen LogP contribution in [-0.4, -0.2) is 13.1 Å². The van der Waals surface area contributed by atoms with Crippen LogP contribution >= 0.6 is 0 Å². The lowest BCUT2D eigenvalue weighted by Gasteiger charge is -2.15. The second-order valence-electron chi connectivity index (χ2n) is 4.97. The number of benzene rings is 1. The van der Waals surface area contributed by atoms with Crippen LogP contribution in [0.5, 0.6) is 0 Å². The van der Waals surface area contributed by atoms with Crippen molar-refractivity contribution in [3.63, 3.8) is 0 Å². The molecular weight excluding hydrogens is 239 g/mol. The van der Waals surface area contributed by atoms with Gasteiger partial charge in [-0.15, -0.1) is 0 Å². The molecule has 0 spiro atoms. The van der Waals surface area contributed by atoms with E-state index < -0.39 is 11.7 Å².